The Morgan fingerprint density at radius 3 is 2.82 bits per heavy atom. The largest absolute Gasteiger partial charge is 0.490 e. The van der Waals surface area contributed by atoms with Crippen LogP contribution in [0.4, 0.5) is 0 Å². The second kappa shape index (κ2) is 7.26. The summed E-state index contributed by atoms with van der Waals surface area (Å²) in [5, 5.41) is 2.95. The number of aryl methyl sites for hydroxylation is 1. The number of hydrogen-bond acceptors (Lipinski definition) is 4. The fourth-order valence-corrected chi connectivity index (χ4v) is 2.32. The number of likely N-dealkylation sites (N-methyl/N-ethyl adjacent to an activating group) is 1. The number of hydrogen-bond donors (Lipinski definition) is 1. The van der Waals surface area contributed by atoms with E-state index in [1.54, 1.807) is 0 Å². The molecule has 22 heavy (non-hydrogen) atoms. The van der Waals surface area contributed by atoms with Crippen molar-refractivity contribution in [2.75, 3.05) is 33.8 Å². The number of amides is 1. The van der Waals surface area contributed by atoms with Gasteiger partial charge in [-0.25, -0.2) is 4.98 Å². The second-order valence-electron chi connectivity index (χ2n) is 5.32. The van der Waals surface area contributed by atoms with E-state index in [2.05, 4.69) is 10.3 Å². The van der Waals surface area contributed by atoms with Gasteiger partial charge >= 0.3 is 0 Å². The zero-order valence-corrected chi connectivity index (χ0v) is 13.7. The minimum absolute atomic E-state index is 0.0974. The molecule has 2 rings (SSSR count). The van der Waals surface area contributed by atoms with E-state index in [0.717, 1.165) is 12.2 Å². The van der Waals surface area contributed by atoms with Crippen LogP contribution in [0.3, 0.4) is 0 Å². The molecule has 0 aliphatic carbocycles. The van der Waals surface area contributed by atoms with Crippen molar-refractivity contribution in [3.63, 3.8) is 0 Å². The van der Waals surface area contributed by atoms with Crippen LogP contribution in [0, 0.1) is 0 Å². The molecule has 0 radical (unpaired) electrons. The maximum Gasteiger partial charge on any atom is 0.270 e. The van der Waals surface area contributed by atoms with Crippen molar-refractivity contribution in [1.29, 1.82) is 0 Å². The van der Waals surface area contributed by atoms with E-state index in [9.17, 15) is 4.79 Å². The standard InChI is InChI=1S/C16H24N4O2/c1-5-12-14(16(21)17-9-11-19(3)4)20-10-7-8-13(22-6-2)15(20)18-12/h7-8,10H,5-6,9,11H2,1-4H3,(H,17,21). The van der Waals surface area contributed by atoms with Crippen LogP contribution in [0.5, 0.6) is 5.75 Å². The molecule has 2 heterocycles. The lowest BCUT2D eigenvalue weighted by Gasteiger charge is -2.11. The fraction of sp³-hybridized carbons (Fsp3) is 0.500. The van der Waals surface area contributed by atoms with Crippen LogP contribution in [0.2, 0.25) is 0 Å². The van der Waals surface area contributed by atoms with E-state index in [1.165, 1.54) is 0 Å². The summed E-state index contributed by atoms with van der Waals surface area (Å²) >= 11 is 0. The molecule has 0 fully saturated rings. The summed E-state index contributed by atoms with van der Waals surface area (Å²) in [6, 6.07) is 3.74. The molecule has 6 heteroatoms. The number of fused-ring (bicyclic) bond motifs is 1. The first-order valence-corrected chi connectivity index (χ1v) is 7.64. The Morgan fingerprint density at radius 1 is 1.41 bits per heavy atom. The first kappa shape index (κ1) is 16.3. The van der Waals surface area contributed by atoms with Crippen molar-refractivity contribution in [3.8, 4) is 5.75 Å². The monoisotopic (exact) mass is 304 g/mol. The van der Waals surface area contributed by atoms with E-state index in [1.807, 2.05) is 55.6 Å². The lowest BCUT2D eigenvalue weighted by molar-refractivity contribution is 0.0944. The number of nitrogens with zero attached hydrogens (tertiary/aromatic N) is 3. The first-order chi connectivity index (χ1) is 10.6. The second-order valence-corrected chi connectivity index (χ2v) is 5.32. The molecular formula is C16H24N4O2. The fourth-order valence-electron chi connectivity index (χ4n) is 2.32. The zero-order chi connectivity index (χ0) is 16.1. The number of ether oxygens (including phenoxy) is 1. The summed E-state index contributed by atoms with van der Waals surface area (Å²) in [5.41, 5.74) is 2.08. The quantitative estimate of drug-likeness (QED) is 0.844. The maximum absolute atomic E-state index is 12.5. The molecule has 0 unspecified atom stereocenters. The number of nitrogens with one attached hydrogen (secondary N) is 1. The molecule has 0 saturated heterocycles. The van der Waals surface area contributed by atoms with E-state index in [4.69, 9.17) is 4.74 Å². The van der Waals surface area contributed by atoms with Gasteiger partial charge in [-0.3, -0.25) is 9.20 Å². The predicted octanol–water partition coefficient (Wildman–Crippen LogP) is 1.59. The van der Waals surface area contributed by atoms with Crippen molar-refractivity contribution in [1.82, 2.24) is 19.6 Å². The van der Waals surface area contributed by atoms with Crippen molar-refractivity contribution in [2.45, 2.75) is 20.3 Å². The molecule has 6 nitrogen and oxygen atoms in total. The van der Waals surface area contributed by atoms with E-state index in [0.29, 0.717) is 36.7 Å². The van der Waals surface area contributed by atoms with Gasteiger partial charge in [-0.15, -0.1) is 0 Å². The normalized spacial score (nSPS) is 11.1. The van der Waals surface area contributed by atoms with Crippen LogP contribution < -0.4 is 10.1 Å². The van der Waals surface area contributed by atoms with Crippen molar-refractivity contribution in [2.24, 2.45) is 0 Å². The minimum Gasteiger partial charge on any atom is -0.490 e. The Morgan fingerprint density at radius 2 is 2.18 bits per heavy atom. The molecule has 1 N–H and O–H groups in total. The number of imidazole rings is 1. The highest BCUT2D eigenvalue weighted by Crippen LogP contribution is 2.22. The summed E-state index contributed by atoms with van der Waals surface area (Å²) in [6.07, 6.45) is 2.55. The molecule has 1 amide bonds. The molecule has 2 aromatic rings. The molecule has 2 aromatic heterocycles. The topological polar surface area (TPSA) is 58.9 Å². The van der Waals surface area contributed by atoms with Crippen LogP contribution in [-0.4, -0.2) is 54.0 Å². The van der Waals surface area contributed by atoms with Crippen LogP contribution in [0.1, 0.15) is 30.0 Å². The van der Waals surface area contributed by atoms with Crippen LogP contribution in [0.15, 0.2) is 18.3 Å². The zero-order valence-electron chi connectivity index (χ0n) is 13.7. The smallest absolute Gasteiger partial charge is 0.270 e. The summed E-state index contributed by atoms with van der Waals surface area (Å²) in [7, 11) is 3.96. The van der Waals surface area contributed by atoms with Gasteiger partial charge in [-0.1, -0.05) is 6.92 Å². The van der Waals surface area contributed by atoms with Gasteiger partial charge in [0.15, 0.2) is 11.4 Å². The van der Waals surface area contributed by atoms with Crippen LogP contribution in [0.25, 0.3) is 5.65 Å². The minimum atomic E-state index is -0.0974. The third-order valence-corrected chi connectivity index (χ3v) is 3.38. The highest BCUT2D eigenvalue weighted by Gasteiger charge is 2.19. The SMILES string of the molecule is CCOc1cccn2c(C(=O)NCCN(C)C)c(CC)nc12. The maximum atomic E-state index is 12.5. The molecule has 0 aromatic carbocycles. The molecular weight excluding hydrogens is 280 g/mol. The summed E-state index contributed by atoms with van der Waals surface area (Å²) in [5.74, 6) is 0.604. The Hall–Kier alpha value is -2.08. The predicted molar refractivity (Wildman–Crippen MR) is 86.6 cm³/mol. The average Bonchev–Trinajstić information content (AvgIpc) is 2.86. The number of aromatic nitrogens is 2. The van der Waals surface area contributed by atoms with Crippen molar-refractivity contribution >= 4 is 11.6 Å². The Bertz CT molecular complexity index is 649. The van der Waals surface area contributed by atoms with Crippen LogP contribution in [-0.2, 0) is 6.42 Å². The third kappa shape index (κ3) is 3.39. The van der Waals surface area contributed by atoms with E-state index in [-0.39, 0.29) is 5.91 Å². The lowest BCUT2D eigenvalue weighted by atomic mass is 10.2. The third-order valence-electron chi connectivity index (χ3n) is 3.38. The van der Waals surface area contributed by atoms with Crippen molar-refractivity contribution in [3.05, 3.63) is 29.7 Å². The Balaban J connectivity index is 2.35. The van der Waals surface area contributed by atoms with Gasteiger partial charge < -0.3 is 15.0 Å². The molecule has 0 saturated carbocycles. The summed E-state index contributed by atoms with van der Waals surface area (Å²) < 4.78 is 7.42. The highest BCUT2D eigenvalue weighted by atomic mass is 16.5. The number of rotatable bonds is 7. The van der Waals surface area contributed by atoms with E-state index < -0.39 is 0 Å². The Labute approximate surface area is 131 Å². The van der Waals surface area contributed by atoms with Gasteiger partial charge in [0.1, 0.15) is 5.69 Å². The first-order valence-electron chi connectivity index (χ1n) is 7.64. The van der Waals surface area contributed by atoms with Crippen molar-refractivity contribution < 1.29 is 9.53 Å². The molecule has 120 valence electrons. The summed E-state index contributed by atoms with van der Waals surface area (Å²) in [4.78, 5) is 19.1. The number of carbonyl (C=O) groups is 1. The van der Waals surface area contributed by atoms with Gasteiger partial charge in [0, 0.05) is 19.3 Å². The molecule has 0 bridgehead atoms. The number of carbonyl (C=O) groups excluding carboxylic acids is 1. The van der Waals surface area contributed by atoms with E-state index >= 15 is 0 Å². The molecule has 0 aliphatic rings. The molecule has 0 spiro atoms. The van der Waals surface area contributed by atoms with Gasteiger partial charge in [-0.05, 0) is 39.6 Å². The summed E-state index contributed by atoms with van der Waals surface area (Å²) in [6.45, 7) is 5.90. The van der Waals surface area contributed by atoms with Gasteiger partial charge in [0.05, 0.1) is 12.3 Å². The van der Waals surface area contributed by atoms with Crippen LogP contribution >= 0.6 is 0 Å². The van der Waals surface area contributed by atoms with Gasteiger partial charge in [0.25, 0.3) is 5.91 Å². The lowest BCUT2D eigenvalue weighted by Crippen LogP contribution is -2.32. The van der Waals surface area contributed by atoms with Gasteiger partial charge in [-0.2, -0.15) is 0 Å². The average molecular weight is 304 g/mol. The number of pyridine rings is 1. The molecule has 0 aliphatic heterocycles. The van der Waals surface area contributed by atoms with Gasteiger partial charge in [0.2, 0.25) is 0 Å². The molecule has 0 atom stereocenters. The highest BCUT2D eigenvalue weighted by molar-refractivity contribution is 5.95. The Kier molecular flexibility index (Phi) is 5.38.